The summed E-state index contributed by atoms with van der Waals surface area (Å²) in [6.45, 7) is 7.68. The van der Waals surface area contributed by atoms with E-state index in [0.717, 1.165) is 33.3 Å². The van der Waals surface area contributed by atoms with Crippen molar-refractivity contribution in [3.05, 3.63) is 58.2 Å². The molecular formula is C18H24N4OS. The molecule has 0 aliphatic carbocycles. The molecule has 0 saturated heterocycles. The number of nitrogens with one attached hydrogen (secondary N) is 2. The van der Waals surface area contributed by atoms with Crippen LogP contribution in [0.2, 0.25) is 0 Å². The summed E-state index contributed by atoms with van der Waals surface area (Å²) < 4.78 is 0. The predicted octanol–water partition coefficient (Wildman–Crippen LogP) is 2.65. The van der Waals surface area contributed by atoms with E-state index in [-0.39, 0.29) is 5.91 Å². The van der Waals surface area contributed by atoms with Crippen molar-refractivity contribution in [2.75, 3.05) is 14.1 Å². The normalized spacial score (nSPS) is 9.58. The Hall–Kier alpha value is -2.34. The van der Waals surface area contributed by atoms with E-state index in [2.05, 4.69) is 20.6 Å². The molecule has 2 heterocycles. The highest BCUT2D eigenvalue weighted by molar-refractivity contribution is 7.80. The summed E-state index contributed by atoms with van der Waals surface area (Å²) in [7, 11) is 3.45. The molecule has 1 amide bonds. The Labute approximate surface area is 148 Å². The highest BCUT2D eigenvalue weighted by atomic mass is 32.1. The van der Waals surface area contributed by atoms with Crippen LogP contribution in [-0.2, 0) is 0 Å². The zero-order valence-electron chi connectivity index (χ0n) is 15.0. The van der Waals surface area contributed by atoms with Crippen LogP contribution in [0.3, 0.4) is 0 Å². The molecule has 0 unspecified atom stereocenters. The number of pyridine rings is 2. The number of aromatic nitrogens is 2. The number of nitrogens with zero attached hydrogens (tertiary/aromatic N) is 2. The van der Waals surface area contributed by atoms with Gasteiger partial charge in [0.05, 0.1) is 0 Å². The number of aryl methyl sites for hydroxylation is 4. The fourth-order valence-corrected chi connectivity index (χ4v) is 2.34. The Kier molecular flexibility index (Phi) is 7.45. The molecule has 2 N–H and O–H groups in total. The van der Waals surface area contributed by atoms with Crippen LogP contribution in [0, 0.1) is 27.7 Å². The average Bonchev–Trinajstić information content (AvgIpc) is 2.52. The number of hydrogen-bond acceptors (Lipinski definition) is 4. The molecule has 0 fully saturated rings. The van der Waals surface area contributed by atoms with Crippen molar-refractivity contribution in [1.82, 2.24) is 20.6 Å². The molecule has 0 radical (unpaired) electrons. The zero-order chi connectivity index (χ0) is 18.3. The summed E-state index contributed by atoms with van der Waals surface area (Å²) in [6.07, 6.45) is 0. The number of rotatable bonds is 2. The molecule has 0 bridgehead atoms. The number of amides is 1. The van der Waals surface area contributed by atoms with Gasteiger partial charge in [0, 0.05) is 48.0 Å². The van der Waals surface area contributed by atoms with Gasteiger partial charge in [0.2, 0.25) is 0 Å². The molecule has 2 rings (SSSR count). The van der Waals surface area contributed by atoms with Crippen molar-refractivity contribution in [3.63, 3.8) is 0 Å². The molecule has 0 atom stereocenters. The van der Waals surface area contributed by atoms with Gasteiger partial charge in [-0.3, -0.25) is 14.8 Å². The molecule has 0 aromatic carbocycles. The quantitative estimate of drug-likeness (QED) is 0.820. The summed E-state index contributed by atoms with van der Waals surface area (Å²) in [5.74, 6) is -0.0661. The van der Waals surface area contributed by atoms with Gasteiger partial charge in [0.1, 0.15) is 4.99 Å². The number of carbonyl (C=O) groups is 1. The van der Waals surface area contributed by atoms with Gasteiger partial charge in [-0.15, -0.1) is 0 Å². The van der Waals surface area contributed by atoms with Crippen molar-refractivity contribution in [2.24, 2.45) is 0 Å². The van der Waals surface area contributed by atoms with Crippen molar-refractivity contribution in [1.29, 1.82) is 0 Å². The molecule has 0 spiro atoms. The van der Waals surface area contributed by atoms with Crippen LogP contribution in [-0.4, -0.2) is 35.0 Å². The van der Waals surface area contributed by atoms with Crippen LogP contribution in [0.5, 0.6) is 0 Å². The van der Waals surface area contributed by atoms with E-state index in [1.807, 2.05) is 46.9 Å². The summed E-state index contributed by atoms with van der Waals surface area (Å²) in [5, 5.41) is 5.51. The zero-order valence-corrected chi connectivity index (χ0v) is 15.8. The highest BCUT2D eigenvalue weighted by Gasteiger charge is 2.03. The molecule has 24 heavy (non-hydrogen) atoms. The van der Waals surface area contributed by atoms with E-state index >= 15 is 0 Å². The van der Waals surface area contributed by atoms with Crippen LogP contribution in [0.25, 0.3) is 0 Å². The number of hydrogen-bond donors (Lipinski definition) is 2. The first-order valence-electron chi connectivity index (χ1n) is 7.61. The monoisotopic (exact) mass is 344 g/mol. The minimum Gasteiger partial charge on any atom is -0.379 e. The van der Waals surface area contributed by atoms with Crippen molar-refractivity contribution in [3.8, 4) is 0 Å². The summed E-state index contributed by atoms with van der Waals surface area (Å²) in [5.41, 5.74) is 5.45. The lowest BCUT2D eigenvalue weighted by Crippen LogP contribution is -2.18. The van der Waals surface area contributed by atoms with E-state index in [1.165, 1.54) is 0 Å². The van der Waals surface area contributed by atoms with Gasteiger partial charge in [0.25, 0.3) is 5.91 Å². The average molecular weight is 344 g/mol. The highest BCUT2D eigenvalue weighted by Crippen LogP contribution is 2.05. The second-order valence-corrected chi connectivity index (χ2v) is 5.84. The second kappa shape index (κ2) is 9.08. The van der Waals surface area contributed by atoms with Crippen molar-refractivity contribution < 1.29 is 4.79 Å². The summed E-state index contributed by atoms with van der Waals surface area (Å²) >= 11 is 5.10. The Balaban J connectivity index is 0.000000240. The first-order chi connectivity index (χ1) is 11.3. The van der Waals surface area contributed by atoms with Crippen LogP contribution in [0.15, 0.2) is 24.3 Å². The molecule has 6 heteroatoms. The van der Waals surface area contributed by atoms with E-state index in [4.69, 9.17) is 12.2 Å². The summed E-state index contributed by atoms with van der Waals surface area (Å²) in [4.78, 5) is 20.4. The largest absolute Gasteiger partial charge is 0.379 e. The SMILES string of the molecule is CNC(=O)c1cc(C)nc(C)c1.CNC(=S)c1cc(C)nc(C)c1. The maximum Gasteiger partial charge on any atom is 0.251 e. The van der Waals surface area contributed by atoms with E-state index in [9.17, 15) is 4.79 Å². The van der Waals surface area contributed by atoms with Gasteiger partial charge in [-0.25, -0.2) is 0 Å². The van der Waals surface area contributed by atoms with Crippen molar-refractivity contribution in [2.45, 2.75) is 27.7 Å². The molecule has 128 valence electrons. The molecule has 5 nitrogen and oxygen atoms in total. The molecule has 0 aliphatic rings. The van der Waals surface area contributed by atoms with Crippen LogP contribution in [0.1, 0.15) is 38.7 Å². The van der Waals surface area contributed by atoms with Gasteiger partial charge >= 0.3 is 0 Å². The lowest BCUT2D eigenvalue weighted by Gasteiger charge is -2.04. The third-order valence-electron chi connectivity index (χ3n) is 3.14. The maximum absolute atomic E-state index is 11.2. The minimum atomic E-state index is -0.0661. The first-order valence-corrected chi connectivity index (χ1v) is 8.02. The first kappa shape index (κ1) is 19.7. The lowest BCUT2D eigenvalue weighted by atomic mass is 10.2. The molecular weight excluding hydrogens is 320 g/mol. The van der Waals surface area contributed by atoms with Crippen LogP contribution in [0.4, 0.5) is 0 Å². The molecule has 0 saturated carbocycles. The lowest BCUT2D eigenvalue weighted by molar-refractivity contribution is 0.0963. The van der Waals surface area contributed by atoms with Gasteiger partial charge in [-0.2, -0.15) is 0 Å². The minimum absolute atomic E-state index is 0.0661. The van der Waals surface area contributed by atoms with E-state index in [0.29, 0.717) is 5.56 Å². The van der Waals surface area contributed by atoms with E-state index in [1.54, 1.807) is 19.2 Å². The van der Waals surface area contributed by atoms with Gasteiger partial charge in [0.15, 0.2) is 0 Å². The van der Waals surface area contributed by atoms with Crippen molar-refractivity contribution >= 4 is 23.1 Å². The van der Waals surface area contributed by atoms with Crippen LogP contribution >= 0.6 is 12.2 Å². The smallest absolute Gasteiger partial charge is 0.251 e. The van der Waals surface area contributed by atoms with Gasteiger partial charge < -0.3 is 10.6 Å². The Morgan fingerprint density at radius 1 is 0.792 bits per heavy atom. The predicted molar refractivity (Wildman–Crippen MR) is 102 cm³/mol. The fourth-order valence-electron chi connectivity index (χ4n) is 2.22. The van der Waals surface area contributed by atoms with Crippen LogP contribution < -0.4 is 10.6 Å². The van der Waals surface area contributed by atoms with Gasteiger partial charge in [-0.05, 0) is 52.0 Å². The fraction of sp³-hybridized carbons (Fsp3) is 0.333. The number of carbonyl (C=O) groups excluding carboxylic acids is 1. The third kappa shape index (κ3) is 6.04. The second-order valence-electron chi connectivity index (χ2n) is 5.44. The molecule has 2 aromatic heterocycles. The van der Waals surface area contributed by atoms with E-state index < -0.39 is 0 Å². The van der Waals surface area contributed by atoms with Gasteiger partial charge in [-0.1, -0.05) is 12.2 Å². The Bertz CT molecular complexity index is 640. The topological polar surface area (TPSA) is 66.9 Å². The standard InChI is InChI=1S/C9H12N2O.C9H12N2S/c2*1-6-4-8(9(12)10-3)5-7(2)11-6/h2*4-5H,1-3H3,(H,10,12). The Morgan fingerprint density at radius 3 is 1.50 bits per heavy atom. The third-order valence-corrected chi connectivity index (χ3v) is 3.58. The Morgan fingerprint density at radius 2 is 1.17 bits per heavy atom. The molecule has 0 aliphatic heterocycles. The summed E-state index contributed by atoms with van der Waals surface area (Å²) in [6, 6.07) is 7.50. The maximum atomic E-state index is 11.2. The molecule has 2 aromatic rings. The number of thiocarbonyl (C=S) groups is 1.